The first-order chi connectivity index (χ1) is 12.6. The van der Waals surface area contributed by atoms with Gasteiger partial charge in [0.2, 0.25) is 0 Å². The number of rotatable bonds is 5. The Hall–Kier alpha value is -1.82. The largest absolute Gasteiger partial charge is 0.351 e. The van der Waals surface area contributed by atoms with Crippen molar-refractivity contribution < 1.29 is 4.79 Å². The van der Waals surface area contributed by atoms with Crippen molar-refractivity contribution in [3.8, 4) is 0 Å². The molecule has 0 bridgehead atoms. The number of fused-ring (bicyclic) bond motifs is 2. The number of nitrogens with one attached hydrogen (secondary N) is 1. The highest BCUT2D eigenvalue weighted by Gasteiger charge is 2.17. The molecule has 0 aliphatic carbocycles. The van der Waals surface area contributed by atoms with Crippen LogP contribution in [0.15, 0.2) is 36.4 Å². The van der Waals surface area contributed by atoms with Crippen LogP contribution in [0.25, 0.3) is 10.2 Å². The van der Waals surface area contributed by atoms with Gasteiger partial charge in [-0.25, -0.2) is 0 Å². The highest BCUT2D eigenvalue weighted by atomic mass is 35.5. The Balaban J connectivity index is 1.27. The molecule has 4 nitrogen and oxygen atoms in total. The van der Waals surface area contributed by atoms with Crippen LogP contribution < -0.4 is 5.32 Å². The van der Waals surface area contributed by atoms with Crippen molar-refractivity contribution in [2.75, 3.05) is 19.6 Å². The van der Waals surface area contributed by atoms with E-state index in [9.17, 15) is 4.79 Å². The summed E-state index contributed by atoms with van der Waals surface area (Å²) in [5, 5.41) is 3.05. The van der Waals surface area contributed by atoms with Gasteiger partial charge in [0.25, 0.3) is 5.91 Å². The lowest BCUT2D eigenvalue weighted by atomic mass is 10.00. The third-order valence-corrected chi connectivity index (χ3v) is 6.28. The van der Waals surface area contributed by atoms with E-state index >= 15 is 0 Å². The average Bonchev–Trinajstić information content (AvgIpc) is 3.16. The number of hydrogen-bond donors (Lipinski definition) is 1. The normalized spacial score (nSPS) is 14.5. The van der Waals surface area contributed by atoms with Crippen LogP contribution in [-0.4, -0.2) is 35.0 Å². The van der Waals surface area contributed by atoms with Crippen molar-refractivity contribution in [1.82, 2.24) is 14.8 Å². The van der Waals surface area contributed by atoms with Crippen LogP contribution >= 0.6 is 22.9 Å². The third-order valence-electron chi connectivity index (χ3n) is 5.08. The second kappa shape index (κ2) is 7.43. The number of hydrogen-bond acceptors (Lipinski definition) is 3. The van der Waals surface area contributed by atoms with Gasteiger partial charge in [0, 0.05) is 33.2 Å². The topological polar surface area (TPSA) is 37.3 Å². The molecule has 1 aliphatic rings. The van der Waals surface area contributed by atoms with Gasteiger partial charge < -0.3 is 9.88 Å². The molecular weight excluding hydrogens is 366 g/mol. The SMILES string of the molecule is Cn1c(C(=O)NCCCN2CCc3ccccc3C2)cc2sc(Cl)cc21. The zero-order valence-corrected chi connectivity index (χ0v) is 16.4. The van der Waals surface area contributed by atoms with Crippen molar-refractivity contribution in [2.45, 2.75) is 19.4 Å². The Bertz CT molecular complexity index is 946. The van der Waals surface area contributed by atoms with Crippen molar-refractivity contribution in [1.29, 1.82) is 0 Å². The summed E-state index contributed by atoms with van der Waals surface area (Å²) >= 11 is 7.54. The lowest BCUT2D eigenvalue weighted by Crippen LogP contribution is -2.34. The standard InChI is InChI=1S/C20H22ClN3OS/c1-23-16-12-19(21)26-18(16)11-17(23)20(25)22-8-4-9-24-10-7-14-5-2-3-6-15(14)13-24/h2-3,5-6,11-12H,4,7-10,13H2,1H3,(H,22,25). The van der Waals surface area contributed by atoms with Crippen molar-refractivity contribution in [3.05, 3.63) is 57.6 Å². The van der Waals surface area contributed by atoms with Crippen LogP contribution in [0.4, 0.5) is 0 Å². The van der Waals surface area contributed by atoms with Gasteiger partial charge in [0.05, 0.1) is 14.6 Å². The molecular formula is C20H22ClN3OS. The maximum absolute atomic E-state index is 12.5. The molecule has 0 saturated heterocycles. The summed E-state index contributed by atoms with van der Waals surface area (Å²) in [4.78, 5) is 14.9. The van der Waals surface area contributed by atoms with Crippen molar-refractivity contribution in [3.63, 3.8) is 0 Å². The van der Waals surface area contributed by atoms with E-state index in [0.29, 0.717) is 12.2 Å². The van der Waals surface area contributed by atoms with Crippen LogP contribution in [0, 0.1) is 0 Å². The summed E-state index contributed by atoms with van der Waals surface area (Å²) in [5.74, 6) is -0.0176. The smallest absolute Gasteiger partial charge is 0.267 e. The predicted octanol–water partition coefficient (Wildman–Crippen LogP) is 4.07. The minimum atomic E-state index is -0.0176. The van der Waals surface area contributed by atoms with E-state index in [2.05, 4.69) is 34.5 Å². The van der Waals surface area contributed by atoms with E-state index in [1.165, 1.54) is 22.5 Å². The van der Waals surface area contributed by atoms with Gasteiger partial charge in [-0.1, -0.05) is 35.9 Å². The molecule has 1 N–H and O–H groups in total. The fraction of sp³-hybridized carbons (Fsp3) is 0.350. The van der Waals surface area contributed by atoms with E-state index < -0.39 is 0 Å². The van der Waals surface area contributed by atoms with E-state index in [1.807, 2.05) is 23.7 Å². The molecule has 0 atom stereocenters. The molecule has 136 valence electrons. The van der Waals surface area contributed by atoms with Crippen LogP contribution in [0.3, 0.4) is 0 Å². The van der Waals surface area contributed by atoms with E-state index in [1.54, 1.807) is 0 Å². The number of halogens is 1. The molecule has 1 aromatic carbocycles. The van der Waals surface area contributed by atoms with Crippen LogP contribution in [0.2, 0.25) is 4.34 Å². The lowest BCUT2D eigenvalue weighted by Gasteiger charge is -2.28. The molecule has 1 amide bonds. The van der Waals surface area contributed by atoms with Gasteiger partial charge in [-0.15, -0.1) is 11.3 Å². The number of thiophene rings is 1. The quantitative estimate of drug-likeness (QED) is 0.670. The lowest BCUT2D eigenvalue weighted by molar-refractivity contribution is 0.0943. The fourth-order valence-electron chi connectivity index (χ4n) is 3.64. The first-order valence-electron chi connectivity index (χ1n) is 8.94. The highest BCUT2D eigenvalue weighted by Crippen LogP contribution is 2.31. The summed E-state index contributed by atoms with van der Waals surface area (Å²) in [6.45, 7) is 3.81. The Morgan fingerprint density at radius 2 is 2.08 bits per heavy atom. The highest BCUT2D eigenvalue weighted by molar-refractivity contribution is 7.22. The van der Waals surface area contributed by atoms with Crippen LogP contribution in [0.1, 0.15) is 28.0 Å². The fourth-order valence-corrected chi connectivity index (χ4v) is 4.84. The van der Waals surface area contributed by atoms with Gasteiger partial charge in [-0.3, -0.25) is 9.69 Å². The minimum Gasteiger partial charge on any atom is -0.351 e. The van der Waals surface area contributed by atoms with Gasteiger partial charge in [-0.05, 0) is 36.1 Å². The van der Waals surface area contributed by atoms with Gasteiger partial charge in [0.1, 0.15) is 5.69 Å². The number of aryl methyl sites for hydroxylation is 1. The predicted molar refractivity (Wildman–Crippen MR) is 108 cm³/mol. The summed E-state index contributed by atoms with van der Waals surface area (Å²) in [6.07, 6.45) is 2.07. The Kier molecular flexibility index (Phi) is 5.02. The second-order valence-corrected chi connectivity index (χ2v) is 8.51. The maximum atomic E-state index is 12.5. The maximum Gasteiger partial charge on any atom is 0.267 e. The monoisotopic (exact) mass is 387 g/mol. The van der Waals surface area contributed by atoms with Crippen molar-refractivity contribution in [2.24, 2.45) is 7.05 Å². The van der Waals surface area contributed by atoms with E-state index in [0.717, 1.165) is 47.0 Å². The Morgan fingerprint density at radius 1 is 1.27 bits per heavy atom. The molecule has 0 radical (unpaired) electrons. The molecule has 0 unspecified atom stereocenters. The second-order valence-electron chi connectivity index (χ2n) is 6.79. The van der Waals surface area contributed by atoms with Gasteiger partial charge in [-0.2, -0.15) is 0 Å². The summed E-state index contributed by atoms with van der Waals surface area (Å²) in [5.41, 5.74) is 4.61. The van der Waals surface area contributed by atoms with Gasteiger partial charge >= 0.3 is 0 Å². The number of carbonyl (C=O) groups excluding carboxylic acids is 1. The number of aromatic nitrogens is 1. The molecule has 2 aromatic heterocycles. The van der Waals surface area contributed by atoms with Gasteiger partial charge in [0.15, 0.2) is 0 Å². The molecule has 0 spiro atoms. The molecule has 3 heterocycles. The molecule has 26 heavy (non-hydrogen) atoms. The minimum absolute atomic E-state index is 0.0176. The van der Waals surface area contributed by atoms with Crippen LogP contribution in [0.5, 0.6) is 0 Å². The molecule has 6 heteroatoms. The van der Waals surface area contributed by atoms with E-state index in [4.69, 9.17) is 11.6 Å². The summed E-state index contributed by atoms with van der Waals surface area (Å²) in [7, 11) is 1.91. The summed E-state index contributed by atoms with van der Waals surface area (Å²) in [6, 6.07) is 12.5. The number of carbonyl (C=O) groups is 1. The Morgan fingerprint density at radius 3 is 2.88 bits per heavy atom. The zero-order valence-electron chi connectivity index (χ0n) is 14.8. The van der Waals surface area contributed by atoms with Crippen molar-refractivity contribution >= 4 is 39.1 Å². The molecule has 0 fully saturated rings. The van der Waals surface area contributed by atoms with Crippen LogP contribution in [-0.2, 0) is 20.0 Å². The number of nitrogens with zero attached hydrogens (tertiary/aromatic N) is 2. The first kappa shape index (κ1) is 17.6. The third kappa shape index (κ3) is 3.52. The Labute approximate surface area is 162 Å². The number of amides is 1. The first-order valence-corrected chi connectivity index (χ1v) is 10.1. The molecule has 1 aliphatic heterocycles. The average molecular weight is 388 g/mol. The molecule has 3 aromatic rings. The summed E-state index contributed by atoms with van der Waals surface area (Å²) < 4.78 is 3.71. The zero-order chi connectivity index (χ0) is 18.1. The molecule has 0 saturated carbocycles. The number of benzene rings is 1. The molecule has 4 rings (SSSR count). The van der Waals surface area contributed by atoms with E-state index in [-0.39, 0.29) is 5.91 Å².